The Hall–Kier alpha value is -2.04. The largest absolute Gasteiger partial charge is 0.484 e. The maximum absolute atomic E-state index is 11.7. The normalized spacial score (nSPS) is 10.2. The number of likely N-dealkylation sites (N-methyl/N-ethyl adjacent to an activating group) is 1. The molecule has 0 saturated heterocycles. The number of hydrogen-bond acceptors (Lipinski definition) is 3. The lowest BCUT2D eigenvalue weighted by atomic mass is 10.2. The van der Waals surface area contributed by atoms with Crippen LogP contribution in [0.5, 0.6) is 5.75 Å². The van der Waals surface area contributed by atoms with Gasteiger partial charge in [0.05, 0.1) is 6.54 Å². The van der Waals surface area contributed by atoms with E-state index in [0.29, 0.717) is 18.2 Å². The summed E-state index contributed by atoms with van der Waals surface area (Å²) in [4.78, 5) is 24.9. The van der Waals surface area contributed by atoms with Crippen LogP contribution in [0.25, 0.3) is 0 Å². The molecule has 1 N–H and O–H groups in total. The van der Waals surface area contributed by atoms with Crippen molar-refractivity contribution in [1.82, 2.24) is 10.2 Å². The van der Waals surface area contributed by atoms with Gasteiger partial charge in [-0.05, 0) is 18.1 Å². The van der Waals surface area contributed by atoms with Crippen molar-refractivity contribution in [2.45, 2.75) is 13.8 Å². The van der Waals surface area contributed by atoms with Gasteiger partial charge in [0, 0.05) is 13.6 Å². The zero-order chi connectivity index (χ0) is 15.0. The molecule has 0 bridgehead atoms. The second kappa shape index (κ2) is 8.19. The number of para-hydroxylation sites is 1. The van der Waals surface area contributed by atoms with E-state index in [9.17, 15) is 9.59 Å². The second-order valence-corrected chi connectivity index (χ2v) is 5.05. The first-order chi connectivity index (χ1) is 9.49. The molecule has 5 nitrogen and oxygen atoms in total. The Bertz CT molecular complexity index is 432. The standard InChI is InChI=1S/C15H22N2O3/c1-12(2)10-17(3)15(19)9-16-14(18)11-20-13-7-5-4-6-8-13/h4-8,12H,9-11H2,1-3H3,(H,16,18). The van der Waals surface area contributed by atoms with E-state index in [-0.39, 0.29) is 25.0 Å². The fraction of sp³-hybridized carbons (Fsp3) is 0.467. The molecule has 5 heteroatoms. The first-order valence-electron chi connectivity index (χ1n) is 6.67. The molecule has 20 heavy (non-hydrogen) atoms. The molecule has 110 valence electrons. The minimum atomic E-state index is -0.305. The van der Waals surface area contributed by atoms with E-state index in [2.05, 4.69) is 5.32 Å². The average molecular weight is 278 g/mol. The number of carbonyl (C=O) groups is 2. The summed E-state index contributed by atoms with van der Waals surface area (Å²) < 4.78 is 5.29. The van der Waals surface area contributed by atoms with Gasteiger partial charge in [-0.25, -0.2) is 0 Å². The number of nitrogens with one attached hydrogen (secondary N) is 1. The van der Waals surface area contributed by atoms with Gasteiger partial charge < -0.3 is 15.0 Å². The van der Waals surface area contributed by atoms with E-state index in [1.165, 1.54) is 0 Å². The molecule has 0 atom stereocenters. The molecule has 0 unspecified atom stereocenters. The highest BCUT2D eigenvalue weighted by Crippen LogP contribution is 2.07. The van der Waals surface area contributed by atoms with Crippen LogP contribution < -0.4 is 10.1 Å². The lowest BCUT2D eigenvalue weighted by molar-refractivity contribution is -0.132. The number of hydrogen-bond donors (Lipinski definition) is 1. The van der Waals surface area contributed by atoms with Gasteiger partial charge in [0.25, 0.3) is 5.91 Å². The molecule has 0 fully saturated rings. The van der Waals surface area contributed by atoms with Crippen LogP contribution in [0.3, 0.4) is 0 Å². The molecule has 1 rings (SSSR count). The van der Waals surface area contributed by atoms with Crippen LogP contribution >= 0.6 is 0 Å². The maximum Gasteiger partial charge on any atom is 0.258 e. The Morgan fingerprint density at radius 2 is 1.90 bits per heavy atom. The summed E-state index contributed by atoms with van der Waals surface area (Å²) in [5.74, 6) is 0.624. The average Bonchev–Trinajstić information content (AvgIpc) is 2.42. The first kappa shape index (κ1) is 16.0. The fourth-order valence-electron chi connectivity index (χ4n) is 1.68. The highest BCUT2D eigenvalue weighted by Gasteiger charge is 2.11. The van der Waals surface area contributed by atoms with Crippen molar-refractivity contribution in [3.63, 3.8) is 0 Å². The summed E-state index contributed by atoms with van der Waals surface area (Å²) in [7, 11) is 1.73. The van der Waals surface area contributed by atoms with Crippen molar-refractivity contribution in [1.29, 1.82) is 0 Å². The van der Waals surface area contributed by atoms with E-state index in [4.69, 9.17) is 4.74 Å². The summed E-state index contributed by atoms with van der Waals surface area (Å²) in [5.41, 5.74) is 0. The number of ether oxygens (including phenoxy) is 1. The zero-order valence-corrected chi connectivity index (χ0v) is 12.3. The highest BCUT2D eigenvalue weighted by atomic mass is 16.5. The van der Waals surface area contributed by atoms with Gasteiger partial charge in [-0.3, -0.25) is 9.59 Å². The second-order valence-electron chi connectivity index (χ2n) is 5.05. The van der Waals surface area contributed by atoms with Gasteiger partial charge in [0.2, 0.25) is 5.91 Å². The quantitative estimate of drug-likeness (QED) is 0.818. The van der Waals surface area contributed by atoms with Crippen molar-refractivity contribution >= 4 is 11.8 Å². The van der Waals surface area contributed by atoms with Crippen LogP contribution in [0.1, 0.15) is 13.8 Å². The minimum Gasteiger partial charge on any atom is -0.484 e. The molecule has 0 heterocycles. The molecule has 0 saturated carbocycles. The van der Waals surface area contributed by atoms with E-state index in [0.717, 1.165) is 0 Å². The van der Waals surface area contributed by atoms with Crippen molar-refractivity contribution < 1.29 is 14.3 Å². The molecule has 1 aromatic carbocycles. The number of nitrogens with zero attached hydrogens (tertiary/aromatic N) is 1. The molecule has 0 aliphatic carbocycles. The lowest BCUT2D eigenvalue weighted by Gasteiger charge is -2.19. The number of benzene rings is 1. The van der Waals surface area contributed by atoms with Crippen LogP contribution in [0.2, 0.25) is 0 Å². The summed E-state index contributed by atoms with van der Waals surface area (Å²) in [6.45, 7) is 4.66. The van der Waals surface area contributed by atoms with Gasteiger partial charge in [-0.2, -0.15) is 0 Å². The fourth-order valence-corrected chi connectivity index (χ4v) is 1.68. The molecule has 0 spiro atoms. The topological polar surface area (TPSA) is 58.6 Å². The number of amides is 2. The Labute approximate surface area is 119 Å². The Morgan fingerprint density at radius 1 is 1.25 bits per heavy atom. The van der Waals surface area contributed by atoms with Crippen LogP contribution in [-0.2, 0) is 9.59 Å². The summed E-state index contributed by atoms with van der Waals surface area (Å²) in [6, 6.07) is 9.08. The smallest absolute Gasteiger partial charge is 0.258 e. The van der Waals surface area contributed by atoms with Crippen LogP contribution in [0.4, 0.5) is 0 Å². The van der Waals surface area contributed by atoms with Gasteiger partial charge in [0.15, 0.2) is 6.61 Å². The molecule has 0 radical (unpaired) electrons. The lowest BCUT2D eigenvalue weighted by Crippen LogP contribution is -2.41. The molecule has 0 aliphatic rings. The van der Waals surface area contributed by atoms with Crippen molar-refractivity contribution in [3.8, 4) is 5.75 Å². The van der Waals surface area contributed by atoms with E-state index in [1.807, 2.05) is 32.0 Å². The van der Waals surface area contributed by atoms with Crippen molar-refractivity contribution in [3.05, 3.63) is 30.3 Å². The first-order valence-corrected chi connectivity index (χ1v) is 6.67. The summed E-state index contributed by atoms with van der Waals surface area (Å²) >= 11 is 0. The zero-order valence-electron chi connectivity index (χ0n) is 12.3. The van der Waals surface area contributed by atoms with Gasteiger partial charge >= 0.3 is 0 Å². The third-order valence-electron chi connectivity index (χ3n) is 2.61. The SMILES string of the molecule is CC(C)CN(C)C(=O)CNC(=O)COc1ccccc1. The van der Waals surface area contributed by atoms with Gasteiger partial charge in [-0.15, -0.1) is 0 Å². The monoisotopic (exact) mass is 278 g/mol. The van der Waals surface area contributed by atoms with Crippen LogP contribution in [0.15, 0.2) is 30.3 Å². The molecular weight excluding hydrogens is 256 g/mol. The van der Waals surface area contributed by atoms with Gasteiger partial charge in [-0.1, -0.05) is 32.0 Å². The molecule has 1 aromatic rings. The third-order valence-corrected chi connectivity index (χ3v) is 2.61. The number of rotatable bonds is 7. The molecular formula is C15H22N2O3. The Balaban J connectivity index is 2.24. The highest BCUT2D eigenvalue weighted by molar-refractivity contribution is 5.85. The summed E-state index contributed by atoms with van der Waals surface area (Å²) in [5, 5.41) is 2.55. The third kappa shape index (κ3) is 6.22. The predicted octanol–water partition coefficient (Wildman–Crippen LogP) is 1.30. The van der Waals surface area contributed by atoms with Crippen LogP contribution in [0, 0.1) is 5.92 Å². The molecule has 2 amide bonds. The molecule has 0 aliphatic heterocycles. The van der Waals surface area contributed by atoms with Crippen LogP contribution in [-0.4, -0.2) is 43.5 Å². The van der Waals surface area contributed by atoms with E-state index >= 15 is 0 Å². The summed E-state index contributed by atoms with van der Waals surface area (Å²) in [6.07, 6.45) is 0. The van der Waals surface area contributed by atoms with Gasteiger partial charge in [0.1, 0.15) is 5.75 Å². The predicted molar refractivity (Wildman–Crippen MR) is 77.4 cm³/mol. The maximum atomic E-state index is 11.7. The number of carbonyl (C=O) groups excluding carboxylic acids is 2. The van der Waals surface area contributed by atoms with E-state index in [1.54, 1.807) is 24.1 Å². The Morgan fingerprint density at radius 3 is 2.50 bits per heavy atom. The Kier molecular flexibility index (Phi) is 6.56. The van der Waals surface area contributed by atoms with Crippen molar-refractivity contribution in [2.24, 2.45) is 5.92 Å². The minimum absolute atomic E-state index is 0.000201. The molecule has 0 aromatic heterocycles. The van der Waals surface area contributed by atoms with E-state index < -0.39 is 0 Å². The van der Waals surface area contributed by atoms with Crippen molar-refractivity contribution in [2.75, 3.05) is 26.7 Å².